The van der Waals surface area contributed by atoms with E-state index in [-0.39, 0.29) is 5.82 Å². The van der Waals surface area contributed by atoms with Crippen molar-refractivity contribution in [1.29, 1.82) is 0 Å². The number of anilines is 1. The van der Waals surface area contributed by atoms with Crippen LogP contribution < -0.4 is 5.73 Å². The molecule has 0 amide bonds. The van der Waals surface area contributed by atoms with Gasteiger partial charge in [-0.3, -0.25) is 0 Å². The second kappa shape index (κ2) is 3.82. The SMILES string of the molecule is CC(C)(O)C(F)(F)c1cc(I)cc(N)n1. The van der Waals surface area contributed by atoms with Gasteiger partial charge in [0.2, 0.25) is 0 Å². The number of nitrogens with two attached hydrogens (primary N) is 1. The maximum Gasteiger partial charge on any atom is 0.317 e. The van der Waals surface area contributed by atoms with Crippen LogP contribution >= 0.6 is 22.6 Å². The van der Waals surface area contributed by atoms with Crippen molar-refractivity contribution < 1.29 is 13.9 Å². The van der Waals surface area contributed by atoms with Gasteiger partial charge in [-0.25, -0.2) is 4.98 Å². The van der Waals surface area contributed by atoms with Crippen molar-refractivity contribution in [3.63, 3.8) is 0 Å². The van der Waals surface area contributed by atoms with E-state index in [1.54, 1.807) is 0 Å². The molecule has 0 aromatic carbocycles. The minimum Gasteiger partial charge on any atom is -0.384 e. The molecule has 1 aromatic rings. The highest BCUT2D eigenvalue weighted by Crippen LogP contribution is 2.38. The highest BCUT2D eigenvalue weighted by molar-refractivity contribution is 14.1. The summed E-state index contributed by atoms with van der Waals surface area (Å²) in [5.74, 6) is -3.41. The molecular formula is C9H11F2IN2O. The van der Waals surface area contributed by atoms with Crippen molar-refractivity contribution in [1.82, 2.24) is 4.98 Å². The smallest absolute Gasteiger partial charge is 0.317 e. The van der Waals surface area contributed by atoms with Crippen LogP contribution in [0.4, 0.5) is 14.6 Å². The summed E-state index contributed by atoms with van der Waals surface area (Å²) in [5.41, 5.74) is 2.68. The van der Waals surface area contributed by atoms with Crippen LogP contribution in [0.3, 0.4) is 0 Å². The summed E-state index contributed by atoms with van der Waals surface area (Å²) >= 11 is 1.86. The third-order valence-corrected chi connectivity index (χ3v) is 2.52. The lowest BCUT2D eigenvalue weighted by Crippen LogP contribution is -2.41. The van der Waals surface area contributed by atoms with Crippen LogP contribution in [0.15, 0.2) is 12.1 Å². The Morgan fingerprint density at radius 2 is 1.93 bits per heavy atom. The summed E-state index contributed by atoms with van der Waals surface area (Å²) in [5, 5.41) is 9.35. The van der Waals surface area contributed by atoms with Crippen LogP contribution in [0.5, 0.6) is 0 Å². The molecule has 1 heterocycles. The molecule has 0 spiro atoms. The van der Waals surface area contributed by atoms with Gasteiger partial charge in [-0.2, -0.15) is 8.78 Å². The molecule has 0 saturated carbocycles. The number of nitrogen functional groups attached to an aromatic ring is 1. The number of alkyl halides is 2. The van der Waals surface area contributed by atoms with Crippen molar-refractivity contribution in [3.8, 4) is 0 Å². The summed E-state index contributed by atoms with van der Waals surface area (Å²) in [6, 6.07) is 2.68. The lowest BCUT2D eigenvalue weighted by Gasteiger charge is -2.28. The first kappa shape index (κ1) is 12.6. The van der Waals surface area contributed by atoms with Crippen LogP contribution in [0.25, 0.3) is 0 Å². The fraction of sp³-hybridized carbons (Fsp3) is 0.444. The van der Waals surface area contributed by atoms with Gasteiger partial charge in [-0.15, -0.1) is 0 Å². The van der Waals surface area contributed by atoms with Crippen LogP contribution in [-0.4, -0.2) is 15.7 Å². The Bertz CT molecular complexity index is 357. The number of aliphatic hydroxyl groups is 1. The van der Waals surface area contributed by atoms with E-state index in [0.717, 1.165) is 13.8 Å². The zero-order valence-corrected chi connectivity index (χ0v) is 10.4. The second-order valence-corrected chi connectivity index (χ2v) is 4.97. The fourth-order valence-electron chi connectivity index (χ4n) is 0.991. The van der Waals surface area contributed by atoms with Gasteiger partial charge < -0.3 is 10.8 Å². The topological polar surface area (TPSA) is 59.1 Å². The molecule has 3 nitrogen and oxygen atoms in total. The van der Waals surface area contributed by atoms with E-state index >= 15 is 0 Å². The van der Waals surface area contributed by atoms with Crippen LogP contribution in [-0.2, 0) is 5.92 Å². The molecule has 0 radical (unpaired) electrons. The number of aromatic nitrogens is 1. The van der Waals surface area contributed by atoms with Gasteiger partial charge in [0.1, 0.15) is 17.1 Å². The minimum absolute atomic E-state index is 0.0147. The Hall–Kier alpha value is -0.500. The van der Waals surface area contributed by atoms with Gasteiger partial charge in [0, 0.05) is 3.57 Å². The number of hydrogen-bond donors (Lipinski definition) is 2. The minimum atomic E-state index is -3.43. The van der Waals surface area contributed by atoms with E-state index in [1.165, 1.54) is 12.1 Å². The Morgan fingerprint density at radius 3 is 2.33 bits per heavy atom. The Morgan fingerprint density at radius 1 is 1.40 bits per heavy atom. The molecule has 0 aliphatic heterocycles. The van der Waals surface area contributed by atoms with E-state index in [9.17, 15) is 13.9 Å². The average molecular weight is 328 g/mol. The molecule has 0 aliphatic carbocycles. The van der Waals surface area contributed by atoms with Crippen molar-refractivity contribution in [2.24, 2.45) is 0 Å². The maximum absolute atomic E-state index is 13.7. The highest BCUT2D eigenvalue weighted by Gasteiger charge is 2.48. The van der Waals surface area contributed by atoms with Crippen molar-refractivity contribution in [2.45, 2.75) is 25.4 Å². The quantitative estimate of drug-likeness (QED) is 0.818. The lowest BCUT2D eigenvalue weighted by molar-refractivity contribution is -0.171. The molecule has 3 N–H and O–H groups in total. The van der Waals surface area contributed by atoms with E-state index < -0.39 is 17.2 Å². The van der Waals surface area contributed by atoms with Crippen molar-refractivity contribution >= 4 is 28.4 Å². The molecule has 0 atom stereocenters. The number of nitrogens with zero attached hydrogens (tertiary/aromatic N) is 1. The lowest BCUT2D eigenvalue weighted by atomic mass is 9.97. The summed E-state index contributed by atoms with van der Waals surface area (Å²) in [7, 11) is 0. The summed E-state index contributed by atoms with van der Waals surface area (Å²) in [4.78, 5) is 3.54. The van der Waals surface area contributed by atoms with Crippen LogP contribution in [0.1, 0.15) is 19.5 Å². The number of pyridine rings is 1. The molecule has 6 heteroatoms. The predicted octanol–water partition coefficient (Wildman–Crippen LogP) is 2.13. The Balaban J connectivity index is 3.27. The molecule has 84 valence electrons. The molecule has 1 rings (SSSR count). The zero-order valence-electron chi connectivity index (χ0n) is 8.26. The average Bonchev–Trinajstić information content (AvgIpc) is 1.99. The molecule has 0 aliphatic rings. The van der Waals surface area contributed by atoms with E-state index in [2.05, 4.69) is 4.98 Å². The van der Waals surface area contributed by atoms with Crippen molar-refractivity contribution in [3.05, 3.63) is 21.4 Å². The van der Waals surface area contributed by atoms with Crippen molar-refractivity contribution in [2.75, 3.05) is 5.73 Å². The fourth-order valence-corrected chi connectivity index (χ4v) is 1.61. The molecule has 0 unspecified atom stereocenters. The first-order valence-corrected chi connectivity index (χ1v) is 5.26. The molecule has 0 fully saturated rings. The van der Waals surface area contributed by atoms with E-state index in [0.29, 0.717) is 3.57 Å². The Labute approximate surface area is 99.8 Å². The van der Waals surface area contributed by atoms with Gasteiger partial charge in [0.05, 0.1) is 0 Å². The standard InChI is InChI=1S/C9H11F2IN2O/c1-8(2,15)9(10,11)6-3-5(12)4-7(13)14-6/h3-4,15H,1-2H3,(H2,13,14). The summed E-state index contributed by atoms with van der Waals surface area (Å²) < 4.78 is 27.9. The highest BCUT2D eigenvalue weighted by atomic mass is 127. The summed E-state index contributed by atoms with van der Waals surface area (Å²) in [6.07, 6.45) is 0. The first-order valence-electron chi connectivity index (χ1n) is 4.18. The second-order valence-electron chi connectivity index (χ2n) is 3.73. The summed E-state index contributed by atoms with van der Waals surface area (Å²) in [6.45, 7) is 2.06. The van der Waals surface area contributed by atoms with E-state index in [1.807, 2.05) is 22.6 Å². The van der Waals surface area contributed by atoms with Gasteiger partial charge in [0.25, 0.3) is 0 Å². The van der Waals surface area contributed by atoms with Crippen LogP contribution in [0.2, 0.25) is 0 Å². The maximum atomic E-state index is 13.7. The number of rotatable bonds is 2. The Kier molecular flexibility index (Phi) is 3.20. The normalized spacial score (nSPS) is 12.9. The van der Waals surface area contributed by atoms with Gasteiger partial charge >= 0.3 is 5.92 Å². The molecule has 0 saturated heterocycles. The first-order chi connectivity index (χ1) is 6.64. The van der Waals surface area contributed by atoms with E-state index in [4.69, 9.17) is 5.73 Å². The molecule has 15 heavy (non-hydrogen) atoms. The molecule has 0 bridgehead atoms. The third-order valence-electron chi connectivity index (χ3n) is 1.90. The monoisotopic (exact) mass is 328 g/mol. The van der Waals surface area contributed by atoms with Gasteiger partial charge in [-0.1, -0.05) is 0 Å². The van der Waals surface area contributed by atoms with Gasteiger partial charge in [0.15, 0.2) is 0 Å². The predicted molar refractivity (Wildman–Crippen MR) is 61.6 cm³/mol. The number of hydrogen-bond acceptors (Lipinski definition) is 3. The molecule has 1 aromatic heterocycles. The molecular weight excluding hydrogens is 317 g/mol. The van der Waals surface area contributed by atoms with Gasteiger partial charge in [-0.05, 0) is 48.6 Å². The largest absolute Gasteiger partial charge is 0.384 e. The number of halogens is 3. The zero-order chi connectivity index (χ0) is 11.9. The van der Waals surface area contributed by atoms with Crippen LogP contribution in [0, 0.1) is 3.57 Å². The third kappa shape index (κ3) is 2.54.